The predicted molar refractivity (Wildman–Crippen MR) is 207 cm³/mol. The van der Waals surface area contributed by atoms with Gasteiger partial charge in [-0.05, 0) is 79.1 Å². The predicted octanol–water partition coefficient (Wildman–Crippen LogP) is 6.80. The van der Waals surface area contributed by atoms with Crippen molar-refractivity contribution in [3.05, 3.63) is 169 Å². The Hall–Kier alpha value is -6.33. The largest absolute Gasteiger partial charge is 0.494 e. The van der Waals surface area contributed by atoms with Gasteiger partial charge in [-0.1, -0.05) is 85.3 Å². The zero-order valence-electron chi connectivity index (χ0n) is 30.1. The molecule has 272 valence electrons. The maximum atomic E-state index is 14.6. The average molecular weight is 739 g/mol. The van der Waals surface area contributed by atoms with Gasteiger partial charge in [0.15, 0.2) is 4.80 Å². The molecule has 1 atom stereocenters. The third-order valence-corrected chi connectivity index (χ3v) is 10.0. The van der Waals surface area contributed by atoms with E-state index in [1.807, 2.05) is 97.2 Å². The van der Waals surface area contributed by atoms with Crippen molar-refractivity contribution in [1.82, 2.24) is 14.3 Å². The zero-order chi connectivity index (χ0) is 37.6. The Labute approximate surface area is 315 Å². The lowest BCUT2D eigenvalue weighted by Crippen LogP contribution is -2.39. The summed E-state index contributed by atoms with van der Waals surface area (Å²) in [5.41, 5.74) is 5.23. The number of esters is 2. The van der Waals surface area contributed by atoms with Gasteiger partial charge in [0.1, 0.15) is 18.1 Å². The van der Waals surface area contributed by atoms with Gasteiger partial charge in [-0.15, -0.1) is 0 Å². The van der Waals surface area contributed by atoms with Gasteiger partial charge in [0, 0.05) is 17.3 Å². The van der Waals surface area contributed by atoms with E-state index in [1.54, 1.807) is 35.9 Å². The highest BCUT2D eigenvalue weighted by Gasteiger charge is 2.33. The molecule has 1 aliphatic rings. The molecule has 0 aliphatic carbocycles. The van der Waals surface area contributed by atoms with Gasteiger partial charge >= 0.3 is 11.9 Å². The number of methoxy groups -OCH3 is 1. The molecule has 0 bridgehead atoms. The van der Waals surface area contributed by atoms with Crippen LogP contribution in [0.2, 0.25) is 0 Å². The topological polar surface area (TPSA) is 114 Å². The number of para-hydroxylation sites is 1. The lowest BCUT2D eigenvalue weighted by Gasteiger charge is -2.25. The summed E-state index contributed by atoms with van der Waals surface area (Å²) < 4.78 is 20.3. The monoisotopic (exact) mass is 738 g/mol. The fourth-order valence-electron chi connectivity index (χ4n) is 6.23. The van der Waals surface area contributed by atoms with E-state index in [2.05, 4.69) is 6.92 Å². The summed E-state index contributed by atoms with van der Waals surface area (Å²) in [4.78, 5) is 45.9. The summed E-state index contributed by atoms with van der Waals surface area (Å²) in [5, 5.41) is 4.96. The normalized spacial score (nSPS) is 14.0. The summed E-state index contributed by atoms with van der Waals surface area (Å²) in [6.07, 6.45) is 5.74. The van der Waals surface area contributed by atoms with E-state index in [0.29, 0.717) is 38.5 Å². The zero-order valence-corrected chi connectivity index (χ0v) is 30.9. The van der Waals surface area contributed by atoms with Crippen molar-refractivity contribution in [2.75, 3.05) is 13.7 Å². The van der Waals surface area contributed by atoms with E-state index in [9.17, 15) is 14.4 Å². The van der Waals surface area contributed by atoms with Crippen molar-refractivity contribution in [3.63, 3.8) is 0 Å². The number of nitrogens with zero attached hydrogens (tertiary/aromatic N) is 4. The third kappa shape index (κ3) is 7.58. The molecule has 1 aliphatic heterocycles. The Kier molecular flexibility index (Phi) is 10.8. The number of benzene rings is 4. The second-order valence-corrected chi connectivity index (χ2v) is 13.7. The molecule has 2 aromatic heterocycles. The van der Waals surface area contributed by atoms with E-state index >= 15 is 0 Å². The lowest BCUT2D eigenvalue weighted by atomic mass is 9.95. The van der Waals surface area contributed by atoms with Crippen molar-refractivity contribution in [3.8, 4) is 22.7 Å². The summed E-state index contributed by atoms with van der Waals surface area (Å²) >= 11 is 1.23. The first-order valence-electron chi connectivity index (χ1n) is 17.6. The standard InChI is InChI=1S/C43H38N4O6S/c1-4-5-24-52-35-22-20-30(21-23-35)38-33(26-46(45-38)34-14-10-7-11-15-34)25-36-40(48)47-39(31-16-18-32(19-17-31)41(49)51-3)37(28(2)44-43(47)54-36)42(50)53-27-29-12-8-6-9-13-29/h6-23,25-26,39H,4-5,24,27H2,1-3H3. The van der Waals surface area contributed by atoms with Crippen LogP contribution in [0.1, 0.15) is 59.8 Å². The molecule has 0 N–H and O–H groups in total. The molecule has 4 aromatic carbocycles. The van der Waals surface area contributed by atoms with Crippen LogP contribution in [0.3, 0.4) is 0 Å². The second kappa shape index (κ2) is 16.1. The minimum Gasteiger partial charge on any atom is -0.494 e. The third-order valence-electron chi connectivity index (χ3n) is 9.05. The quantitative estimate of drug-likeness (QED) is 0.100. The SMILES string of the molecule is CCCCOc1ccc(-c2nn(-c3ccccc3)cc2C=c2sc3n(c2=O)C(c2ccc(C(=O)OC)cc2)C(C(=O)OCc2ccccc2)=C(C)N=3)cc1. The highest BCUT2D eigenvalue weighted by molar-refractivity contribution is 7.07. The molecule has 1 unspecified atom stereocenters. The molecule has 0 saturated carbocycles. The average Bonchev–Trinajstić information content (AvgIpc) is 3.77. The van der Waals surface area contributed by atoms with Crippen molar-refractivity contribution < 1.29 is 23.8 Å². The maximum absolute atomic E-state index is 14.6. The second-order valence-electron chi connectivity index (χ2n) is 12.7. The number of unbranched alkanes of at least 4 members (excludes halogenated alkanes) is 1. The summed E-state index contributed by atoms with van der Waals surface area (Å²) in [6.45, 7) is 4.56. The number of carbonyl (C=O) groups excluding carboxylic acids is 2. The van der Waals surface area contributed by atoms with Crippen LogP contribution < -0.4 is 19.6 Å². The molecule has 11 heteroatoms. The van der Waals surface area contributed by atoms with Crippen LogP contribution in [0.4, 0.5) is 0 Å². The molecular formula is C43H38N4O6S. The Balaban J connectivity index is 1.33. The van der Waals surface area contributed by atoms with Crippen LogP contribution in [0.5, 0.6) is 5.75 Å². The van der Waals surface area contributed by atoms with E-state index in [-0.39, 0.29) is 17.7 Å². The van der Waals surface area contributed by atoms with E-state index in [0.717, 1.165) is 41.0 Å². The van der Waals surface area contributed by atoms with Crippen molar-refractivity contribution in [2.45, 2.75) is 39.3 Å². The number of hydrogen-bond acceptors (Lipinski definition) is 9. The van der Waals surface area contributed by atoms with Gasteiger partial charge < -0.3 is 14.2 Å². The van der Waals surface area contributed by atoms with E-state index < -0.39 is 18.0 Å². The van der Waals surface area contributed by atoms with Crippen LogP contribution >= 0.6 is 11.3 Å². The maximum Gasteiger partial charge on any atom is 0.338 e. The van der Waals surface area contributed by atoms with E-state index in [4.69, 9.17) is 24.3 Å². The molecule has 0 spiro atoms. The first-order chi connectivity index (χ1) is 26.3. The fraction of sp³-hybridized carbons (Fsp3) is 0.186. The van der Waals surface area contributed by atoms with Gasteiger partial charge in [0.05, 0.1) is 46.8 Å². The molecule has 10 nitrogen and oxygen atoms in total. The number of rotatable bonds is 12. The lowest BCUT2D eigenvalue weighted by molar-refractivity contribution is -0.140. The molecular weight excluding hydrogens is 701 g/mol. The number of carbonyl (C=O) groups is 2. The van der Waals surface area contributed by atoms with Crippen LogP contribution in [-0.4, -0.2) is 40.0 Å². The van der Waals surface area contributed by atoms with Crippen molar-refractivity contribution in [1.29, 1.82) is 0 Å². The summed E-state index contributed by atoms with van der Waals surface area (Å²) in [5.74, 6) is -0.312. The molecule has 0 saturated heterocycles. The van der Waals surface area contributed by atoms with Crippen LogP contribution in [0, 0.1) is 0 Å². The fourth-order valence-corrected chi connectivity index (χ4v) is 7.27. The Morgan fingerprint density at radius 2 is 1.59 bits per heavy atom. The van der Waals surface area contributed by atoms with Gasteiger partial charge in [0.2, 0.25) is 0 Å². The number of hydrogen-bond donors (Lipinski definition) is 0. The summed E-state index contributed by atoms with van der Waals surface area (Å²) in [7, 11) is 1.31. The van der Waals surface area contributed by atoms with Crippen molar-refractivity contribution in [2.24, 2.45) is 4.99 Å². The van der Waals surface area contributed by atoms with Gasteiger partial charge in [-0.2, -0.15) is 5.10 Å². The Bertz CT molecular complexity index is 2500. The number of thiazole rings is 1. The van der Waals surface area contributed by atoms with Crippen LogP contribution in [0.15, 0.2) is 136 Å². The molecule has 54 heavy (non-hydrogen) atoms. The first-order valence-corrected chi connectivity index (χ1v) is 18.5. The van der Waals surface area contributed by atoms with Gasteiger partial charge in [-0.25, -0.2) is 19.3 Å². The number of allylic oxidation sites excluding steroid dienone is 1. The number of aromatic nitrogens is 3. The molecule has 0 radical (unpaired) electrons. The summed E-state index contributed by atoms with van der Waals surface area (Å²) in [6, 6.07) is 32.7. The first kappa shape index (κ1) is 36.0. The highest BCUT2D eigenvalue weighted by Crippen LogP contribution is 2.32. The molecule has 0 amide bonds. The van der Waals surface area contributed by atoms with Gasteiger partial charge in [0.25, 0.3) is 5.56 Å². The van der Waals surface area contributed by atoms with Crippen LogP contribution in [-0.2, 0) is 20.9 Å². The molecule has 6 aromatic rings. The molecule has 3 heterocycles. The van der Waals surface area contributed by atoms with E-state index in [1.165, 1.54) is 23.0 Å². The number of fused-ring (bicyclic) bond motifs is 1. The van der Waals surface area contributed by atoms with Crippen LogP contribution in [0.25, 0.3) is 23.0 Å². The minimum atomic E-state index is -0.870. The number of ether oxygens (including phenoxy) is 3. The Morgan fingerprint density at radius 3 is 2.28 bits per heavy atom. The van der Waals surface area contributed by atoms with Gasteiger partial charge in [-0.3, -0.25) is 9.36 Å². The Morgan fingerprint density at radius 1 is 0.889 bits per heavy atom. The molecule has 0 fully saturated rings. The smallest absolute Gasteiger partial charge is 0.338 e. The minimum absolute atomic E-state index is 0.0505. The highest BCUT2D eigenvalue weighted by atomic mass is 32.1. The molecule has 7 rings (SSSR count). The van der Waals surface area contributed by atoms with Crippen molar-refractivity contribution >= 4 is 29.4 Å².